The van der Waals surface area contributed by atoms with E-state index in [0.717, 1.165) is 10.0 Å². The van der Waals surface area contributed by atoms with E-state index in [4.69, 9.17) is 10.5 Å². The summed E-state index contributed by atoms with van der Waals surface area (Å²) in [6, 6.07) is 6.10. The first-order valence-electron chi connectivity index (χ1n) is 5.45. The predicted octanol–water partition coefficient (Wildman–Crippen LogP) is 2.58. The van der Waals surface area contributed by atoms with E-state index in [1.807, 2.05) is 0 Å². The number of rotatable bonds is 4. The molecule has 100 valence electrons. The molecule has 7 heteroatoms. The standard InChI is InChI=1S/C12H12BrFN4O/c1-19-11-5-10(17-12(15)18-11)16-6-7-4-8(14)2-3-9(7)13/h2-5H,6H2,1H3,(H3,15,16,17,18). The molecule has 2 aromatic rings. The fourth-order valence-electron chi connectivity index (χ4n) is 1.50. The highest BCUT2D eigenvalue weighted by atomic mass is 79.9. The fraction of sp³-hybridized carbons (Fsp3) is 0.167. The van der Waals surface area contributed by atoms with E-state index in [0.29, 0.717) is 18.2 Å². The summed E-state index contributed by atoms with van der Waals surface area (Å²) in [5, 5.41) is 3.04. The van der Waals surface area contributed by atoms with E-state index in [-0.39, 0.29) is 11.8 Å². The molecular formula is C12H12BrFN4O. The molecule has 0 saturated carbocycles. The summed E-state index contributed by atoms with van der Waals surface area (Å²) in [6.45, 7) is 0.401. The van der Waals surface area contributed by atoms with Crippen molar-refractivity contribution in [3.8, 4) is 5.88 Å². The number of methoxy groups -OCH3 is 1. The Labute approximate surface area is 118 Å². The van der Waals surface area contributed by atoms with Gasteiger partial charge in [-0.1, -0.05) is 15.9 Å². The number of anilines is 2. The first-order valence-corrected chi connectivity index (χ1v) is 6.24. The van der Waals surface area contributed by atoms with Crippen LogP contribution in [0.25, 0.3) is 0 Å². The Bertz CT molecular complexity index is 594. The summed E-state index contributed by atoms with van der Waals surface area (Å²) < 4.78 is 18.9. The van der Waals surface area contributed by atoms with Crippen molar-refractivity contribution in [1.29, 1.82) is 0 Å². The van der Waals surface area contributed by atoms with Crippen LogP contribution in [0.4, 0.5) is 16.2 Å². The Morgan fingerprint density at radius 2 is 2.16 bits per heavy atom. The lowest BCUT2D eigenvalue weighted by Crippen LogP contribution is -2.06. The Morgan fingerprint density at radius 3 is 2.89 bits per heavy atom. The minimum absolute atomic E-state index is 0.111. The Balaban J connectivity index is 2.14. The van der Waals surface area contributed by atoms with Crippen LogP contribution in [0.15, 0.2) is 28.7 Å². The third kappa shape index (κ3) is 3.54. The number of hydrogen-bond acceptors (Lipinski definition) is 5. The van der Waals surface area contributed by atoms with Crippen molar-refractivity contribution in [2.45, 2.75) is 6.54 Å². The zero-order chi connectivity index (χ0) is 13.8. The summed E-state index contributed by atoms with van der Waals surface area (Å²) in [4.78, 5) is 7.89. The zero-order valence-electron chi connectivity index (χ0n) is 10.2. The summed E-state index contributed by atoms with van der Waals surface area (Å²) in [7, 11) is 1.49. The second kappa shape index (κ2) is 5.83. The largest absolute Gasteiger partial charge is 0.481 e. The van der Waals surface area contributed by atoms with Gasteiger partial charge in [-0.05, 0) is 23.8 Å². The smallest absolute Gasteiger partial charge is 0.225 e. The number of nitrogens with zero attached hydrogens (tertiary/aromatic N) is 2. The normalized spacial score (nSPS) is 10.3. The number of nitrogens with one attached hydrogen (secondary N) is 1. The first kappa shape index (κ1) is 13.5. The van der Waals surface area contributed by atoms with E-state index in [9.17, 15) is 4.39 Å². The molecule has 1 aromatic heterocycles. The molecule has 0 radical (unpaired) electrons. The maximum Gasteiger partial charge on any atom is 0.225 e. The average Bonchev–Trinajstić information content (AvgIpc) is 2.39. The highest BCUT2D eigenvalue weighted by molar-refractivity contribution is 9.10. The molecule has 0 amide bonds. The quantitative estimate of drug-likeness (QED) is 0.903. The van der Waals surface area contributed by atoms with Crippen LogP contribution in [0.2, 0.25) is 0 Å². The second-order valence-corrected chi connectivity index (χ2v) is 4.60. The zero-order valence-corrected chi connectivity index (χ0v) is 11.7. The van der Waals surface area contributed by atoms with Crippen LogP contribution >= 0.6 is 15.9 Å². The molecule has 0 unspecified atom stereocenters. The van der Waals surface area contributed by atoms with Gasteiger partial charge in [-0.25, -0.2) is 4.39 Å². The van der Waals surface area contributed by atoms with Crippen molar-refractivity contribution >= 4 is 27.7 Å². The van der Waals surface area contributed by atoms with Crippen molar-refractivity contribution < 1.29 is 9.13 Å². The minimum Gasteiger partial charge on any atom is -0.481 e. The van der Waals surface area contributed by atoms with E-state index in [2.05, 4.69) is 31.2 Å². The number of halogens is 2. The number of nitrogen functional groups attached to an aromatic ring is 1. The fourth-order valence-corrected chi connectivity index (χ4v) is 1.89. The highest BCUT2D eigenvalue weighted by Gasteiger charge is 2.05. The van der Waals surface area contributed by atoms with Crippen LogP contribution < -0.4 is 15.8 Å². The topological polar surface area (TPSA) is 73.1 Å². The van der Waals surface area contributed by atoms with Crippen molar-refractivity contribution in [3.05, 3.63) is 40.1 Å². The number of benzene rings is 1. The lowest BCUT2D eigenvalue weighted by atomic mass is 10.2. The maximum absolute atomic E-state index is 13.1. The number of nitrogens with two attached hydrogens (primary N) is 1. The van der Waals surface area contributed by atoms with Crippen LogP contribution in [-0.2, 0) is 6.54 Å². The molecule has 0 spiro atoms. The number of aromatic nitrogens is 2. The van der Waals surface area contributed by atoms with E-state index >= 15 is 0 Å². The van der Waals surface area contributed by atoms with Crippen LogP contribution in [0, 0.1) is 5.82 Å². The molecular weight excluding hydrogens is 315 g/mol. The van der Waals surface area contributed by atoms with Gasteiger partial charge in [0.25, 0.3) is 0 Å². The summed E-state index contributed by atoms with van der Waals surface area (Å²) >= 11 is 3.36. The monoisotopic (exact) mass is 326 g/mol. The maximum atomic E-state index is 13.1. The number of hydrogen-bond donors (Lipinski definition) is 2. The van der Waals surface area contributed by atoms with E-state index in [1.165, 1.54) is 19.2 Å². The summed E-state index contributed by atoms with van der Waals surface area (Å²) in [6.07, 6.45) is 0. The Kier molecular flexibility index (Phi) is 4.16. The third-order valence-electron chi connectivity index (χ3n) is 2.40. The molecule has 0 saturated heterocycles. The molecule has 0 aliphatic rings. The van der Waals surface area contributed by atoms with Gasteiger partial charge in [-0.15, -0.1) is 0 Å². The molecule has 0 bridgehead atoms. The van der Waals surface area contributed by atoms with Gasteiger partial charge in [0.1, 0.15) is 11.6 Å². The molecule has 3 N–H and O–H groups in total. The van der Waals surface area contributed by atoms with Gasteiger partial charge in [0.05, 0.1) is 7.11 Å². The van der Waals surface area contributed by atoms with Gasteiger partial charge in [0.15, 0.2) is 0 Å². The first-order chi connectivity index (χ1) is 9.08. The molecule has 0 atom stereocenters. The predicted molar refractivity (Wildman–Crippen MR) is 74.4 cm³/mol. The van der Waals surface area contributed by atoms with Gasteiger partial charge in [-0.2, -0.15) is 9.97 Å². The van der Waals surface area contributed by atoms with E-state index in [1.54, 1.807) is 12.1 Å². The van der Waals surface area contributed by atoms with Crippen molar-refractivity contribution in [2.24, 2.45) is 0 Å². The SMILES string of the molecule is COc1cc(NCc2cc(F)ccc2Br)nc(N)n1. The summed E-state index contributed by atoms with van der Waals surface area (Å²) in [5.41, 5.74) is 6.32. The molecule has 0 fully saturated rings. The Hall–Kier alpha value is -1.89. The molecule has 2 rings (SSSR count). The van der Waals surface area contributed by atoms with E-state index < -0.39 is 0 Å². The number of ether oxygens (including phenoxy) is 1. The molecule has 1 aromatic carbocycles. The molecule has 19 heavy (non-hydrogen) atoms. The van der Waals surface area contributed by atoms with Crippen molar-refractivity contribution in [3.63, 3.8) is 0 Å². The van der Waals surface area contributed by atoms with Gasteiger partial charge < -0.3 is 15.8 Å². The van der Waals surface area contributed by atoms with Crippen LogP contribution in [0.1, 0.15) is 5.56 Å². The van der Waals surface area contributed by atoms with Crippen molar-refractivity contribution in [1.82, 2.24) is 9.97 Å². The van der Waals surface area contributed by atoms with Crippen LogP contribution in [0.3, 0.4) is 0 Å². The van der Waals surface area contributed by atoms with Gasteiger partial charge >= 0.3 is 0 Å². The van der Waals surface area contributed by atoms with Gasteiger partial charge in [0.2, 0.25) is 11.8 Å². The summed E-state index contributed by atoms with van der Waals surface area (Å²) in [5.74, 6) is 0.703. The lowest BCUT2D eigenvalue weighted by molar-refractivity contribution is 0.398. The molecule has 0 aliphatic carbocycles. The Morgan fingerprint density at radius 1 is 1.37 bits per heavy atom. The molecule has 5 nitrogen and oxygen atoms in total. The third-order valence-corrected chi connectivity index (χ3v) is 3.17. The van der Waals surface area contributed by atoms with Gasteiger partial charge in [-0.3, -0.25) is 0 Å². The van der Waals surface area contributed by atoms with Crippen LogP contribution in [0.5, 0.6) is 5.88 Å². The van der Waals surface area contributed by atoms with Crippen molar-refractivity contribution in [2.75, 3.05) is 18.2 Å². The highest BCUT2D eigenvalue weighted by Crippen LogP contribution is 2.20. The average molecular weight is 327 g/mol. The molecule has 0 aliphatic heterocycles. The lowest BCUT2D eigenvalue weighted by Gasteiger charge is -2.09. The van der Waals surface area contributed by atoms with Crippen LogP contribution in [-0.4, -0.2) is 17.1 Å². The van der Waals surface area contributed by atoms with Gasteiger partial charge in [0, 0.05) is 17.1 Å². The minimum atomic E-state index is -0.292. The second-order valence-electron chi connectivity index (χ2n) is 3.74. The molecule has 1 heterocycles.